The van der Waals surface area contributed by atoms with Gasteiger partial charge in [0.2, 0.25) is 5.96 Å². The van der Waals surface area contributed by atoms with Crippen LogP contribution in [0.3, 0.4) is 0 Å². The Bertz CT molecular complexity index is 346. The van der Waals surface area contributed by atoms with Gasteiger partial charge < -0.3 is 5.32 Å². The Labute approximate surface area is 103 Å². The quantitative estimate of drug-likeness (QED) is 0.321. The highest BCUT2D eigenvalue weighted by atomic mass is 15.3. The average Bonchev–Trinajstić information content (AvgIpc) is 2.34. The molecule has 0 fully saturated rings. The smallest absolute Gasteiger partial charge is 0.205 e. The summed E-state index contributed by atoms with van der Waals surface area (Å²) in [5.74, 6) is 6.43. The first-order chi connectivity index (χ1) is 8.13. The lowest BCUT2D eigenvalue weighted by atomic mass is 10.0. The van der Waals surface area contributed by atoms with Crippen molar-refractivity contribution in [2.24, 2.45) is 10.8 Å². The highest BCUT2D eigenvalue weighted by Gasteiger charge is 2.05. The van der Waals surface area contributed by atoms with E-state index in [1.807, 2.05) is 32.0 Å². The lowest BCUT2D eigenvalue weighted by Gasteiger charge is -2.14. The van der Waals surface area contributed by atoms with Crippen LogP contribution in [-0.2, 0) is 0 Å². The number of benzene rings is 1. The number of hydrazine groups is 1. The van der Waals surface area contributed by atoms with Crippen LogP contribution in [-0.4, -0.2) is 18.5 Å². The molecule has 0 aromatic heterocycles. The fraction of sp³-hybridized carbons (Fsp3) is 0.462. The van der Waals surface area contributed by atoms with Gasteiger partial charge >= 0.3 is 0 Å². The molecule has 1 unspecified atom stereocenters. The number of nitrogens with one attached hydrogen (secondary N) is 2. The molecule has 4 heteroatoms. The maximum Gasteiger partial charge on any atom is 0.205 e. The molecule has 0 amide bonds. The molecule has 0 aliphatic heterocycles. The van der Waals surface area contributed by atoms with Gasteiger partial charge in [-0.05, 0) is 19.4 Å². The van der Waals surface area contributed by atoms with Crippen molar-refractivity contribution in [1.29, 1.82) is 0 Å². The number of guanidine groups is 1. The van der Waals surface area contributed by atoms with Crippen LogP contribution in [0.25, 0.3) is 0 Å². The lowest BCUT2D eigenvalue weighted by Crippen LogP contribution is -2.44. The van der Waals surface area contributed by atoms with Crippen molar-refractivity contribution < 1.29 is 0 Å². The van der Waals surface area contributed by atoms with Gasteiger partial charge in [-0.25, -0.2) is 5.84 Å². The highest BCUT2D eigenvalue weighted by molar-refractivity contribution is 5.79. The SMILES string of the molecule is CC(C)NC(=NCC(C)c1ccccc1)NN. The molecule has 0 radical (unpaired) electrons. The maximum absolute atomic E-state index is 5.40. The Morgan fingerprint density at radius 3 is 2.41 bits per heavy atom. The minimum Gasteiger partial charge on any atom is -0.353 e. The third-order valence-electron chi connectivity index (χ3n) is 2.45. The zero-order valence-electron chi connectivity index (χ0n) is 10.8. The summed E-state index contributed by atoms with van der Waals surface area (Å²) in [6, 6.07) is 10.7. The summed E-state index contributed by atoms with van der Waals surface area (Å²) in [4.78, 5) is 4.43. The van der Waals surface area contributed by atoms with Gasteiger partial charge in [0.1, 0.15) is 0 Å². The van der Waals surface area contributed by atoms with E-state index in [-0.39, 0.29) is 0 Å². The Kier molecular flexibility index (Phi) is 5.49. The molecule has 0 spiro atoms. The summed E-state index contributed by atoms with van der Waals surface area (Å²) >= 11 is 0. The van der Waals surface area contributed by atoms with E-state index in [0.717, 1.165) is 0 Å². The number of hydrogen-bond acceptors (Lipinski definition) is 2. The number of nitrogens with zero attached hydrogens (tertiary/aromatic N) is 1. The Balaban J connectivity index is 2.56. The molecule has 0 bridgehead atoms. The number of hydrogen-bond donors (Lipinski definition) is 3. The summed E-state index contributed by atoms with van der Waals surface area (Å²) in [7, 11) is 0. The third kappa shape index (κ3) is 4.87. The van der Waals surface area contributed by atoms with Crippen LogP contribution in [0.4, 0.5) is 0 Å². The van der Waals surface area contributed by atoms with E-state index in [9.17, 15) is 0 Å². The minimum absolute atomic E-state index is 0.317. The van der Waals surface area contributed by atoms with Gasteiger partial charge in [0.25, 0.3) is 0 Å². The van der Waals surface area contributed by atoms with Crippen molar-refractivity contribution in [1.82, 2.24) is 10.7 Å². The summed E-state index contributed by atoms with van der Waals surface area (Å²) in [5, 5.41) is 3.15. The Morgan fingerprint density at radius 2 is 1.88 bits per heavy atom. The van der Waals surface area contributed by atoms with Crippen LogP contribution in [0.15, 0.2) is 35.3 Å². The first-order valence-electron chi connectivity index (χ1n) is 5.96. The molecular formula is C13H22N4. The maximum atomic E-state index is 5.40. The monoisotopic (exact) mass is 234 g/mol. The van der Waals surface area contributed by atoms with Crippen LogP contribution in [0.2, 0.25) is 0 Å². The summed E-state index contributed by atoms with van der Waals surface area (Å²) < 4.78 is 0. The van der Waals surface area contributed by atoms with Crippen LogP contribution >= 0.6 is 0 Å². The second-order valence-electron chi connectivity index (χ2n) is 4.44. The standard InChI is InChI=1S/C13H22N4/c1-10(2)16-13(17-14)15-9-11(3)12-7-5-4-6-8-12/h4-8,10-11H,9,14H2,1-3H3,(H2,15,16,17). The van der Waals surface area contributed by atoms with Crippen LogP contribution in [0.1, 0.15) is 32.3 Å². The molecule has 17 heavy (non-hydrogen) atoms. The van der Waals surface area contributed by atoms with Crippen molar-refractivity contribution in [3.63, 3.8) is 0 Å². The zero-order valence-corrected chi connectivity index (χ0v) is 10.8. The largest absolute Gasteiger partial charge is 0.353 e. The third-order valence-corrected chi connectivity index (χ3v) is 2.45. The molecule has 0 aliphatic carbocycles. The van der Waals surface area contributed by atoms with Crippen molar-refractivity contribution in [2.45, 2.75) is 32.7 Å². The second-order valence-corrected chi connectivity index (χ2v) is 4.44. The predicted molar refractivity (Wildman–Crippen MR) is 72.8 cm³/mol. The van der Waals surface area contributed by atoms with E-state index in [1.54, 1.807) is 0 Å². The van der Waals surface area contributed by atoms with Gasteiger partial charge in [-0.2, -0.15) is 0 Å². The first-order valence-corrected chi connectivity index (χ1v) is 5.96. The molecule has 94 valence electrons. The van der Waals surface area contributed by atoms with Crippen molar-refractivity contribution >= 4 is 5.96 Å². The molecule has 4 nitrogen and oxygen atoms in total. The Hall–Kier alpha value is -1.55. The van der Waals surface area contributed by atoms with E-state index in [0.29, 0.717) is 24.5 Å². The first kappa shape index (κ1) is 13.5. The molecule has 1 atom stereocenters. The van der Waals surface area contributed by atoms with E-state index in [4.69, 9.17) is 5.84 Å². The van der Waals surface area contributed by atoms with Crippen molar-refractivity contribution in [2.75, 3.05) is 6.54 Å². The van der Waals surface area contributed by atoms with E-state index in [2.05, 4.69) is 34.8 Å². The minimum atomic E-state index is 0.317. The molecule has 0 aliphatic rings. The molecule has 1 rings (SSSR count). The van der Waals surface area contributed by atoms with Gasteiger partial charge in [-0.15, -0.1) is 0 Å². The fourth-order valence-corrected chi connectivity index (χ4v) is 1.52. The van der Waals surface area contributed by atoms with E-state index < -0.39 is 0 Å². The van der Waals surface area contributed by atoms with Crippen molar-refractivity contribution in [3.8, 4) is 0 Å². The van der Waals surface area contributed by atoms with E-state index in [1.165, 1.54) is 5.56 Å². The number of rotatable bonds is 4. The fourth-order valence-electron chi connectivity index (χ4n) is 1.52. The number of nitrogens with two attached hydrogens (primary N) is 1. The van der Waals surface area contributed by atoms with Crippen LogP contribution < -0.4 is 16.6 Å². The van der Waals surface area contributed by atoms with E-state index >= 15 is 0 Å². The summed E-state index contributed by atoms with van der Waals surface area (Å²) in [6.45, 7) is 6.96. The number of aliphatic imine (C=N–C) groups is 1. The summed E-state index contributed by atoms with van der Waals surface area (Å²) in [6.07, 6.45) is 0. The molecular weight excluding hydrogens is 212 g/mol. The van der Waals surface area contributed by atoms with Gasteiger partial charge in [0, 0.05) is 18.5 Å². The van der Waals surface area contributed by atoms with Crippen LogP contribution in [0.5, 0.6) is 0 Å². The normalized spacial score (nSPS) is 13.6. The topological polar surface area (TPSA) is 62.4 Å². The molecule has 0 saturated carbocycles. The van der Waals surface area contributed by atoms with Crippen molar-refractivity contribution in [3.05, 3.63) is 35.9 Å². The van der Waals surface area contributed by atoms with Gasteiger partial charge in [-0.3, -0.25) is 10.4 Å². The zero-order chi connectivity index (χ0) is 12.7. The molecule has 1 aromatic rings. The highest BCUT2D eigenvalue weighted by Crippen LogP contribution is 2.14. The average molecular weight is 234 g/mol. The lowest BCUT2D eigenvalue weighted by molar-refractivity contribution is 0.691. The molecule has 1 aromatic carbocycles. The molecule has 4 N–H and O–H groups in total. The second kappa shape index (κ2) is 6.91. The van der Waals surface area contributed by atoms with Gasteiger partial charge in [-0.1, -0.05) is 37.3 Å². The van der Waals surface area contributed by atoms with Gasteiger partial charge in [0.05, 0.1) is 0 Å². The molecule has 0 heterocycles. The molecule has 0 saturated heterocycles. The summed E-state index contributed by atoms with van der Waals surface area (Å²) in [5.41, 5.74) is 3.87. The Morgan fingerprint density at radius 1 is 1.24 bits per heavy atom. The van der Waals surface area contributed by atoms with Gasteiger partial charge in [0.15, 0.2) is 0 Å². The predicted octanol–water partition coefficient (Wildman–Crippen LogP) is 1.61. The van der Waals surface area contributed by atoms with Crippen LogP contribution in [0, 0.1) is 0 Å².